The van der Waals surface area contributed by atoms with E-state index in [1.54, 1.807) is 0 Å². The van der Waals surface area contributed by atoms with Gasteiger partial charge in [-0.2, -0.15) is 13.2 Å². The Morgan fingerprint density at radius 3 is 2.39 bits per heavy atom. The lowest BCUT2D eigenvalue weighted by Crippen LogP contribution is -2.22. The molecular formula is C20H14F4N2O2. The van der Waals surface area contributed by atoms with E-state index < -0.39 is 23.5 Å². The average Bonchev–Trinajstić information content (AvgIpc) is 2.65. The van der Waals surface area contributed by atoms with Crippen molar-refractivity contribution in [1.82, 2.24) is 4.57 Å². The van der Waals surface area contributed by atoms with Gasteiger partial charge in [0.1, 0.15) is 5.82 Å². The molecule has 1 N–H and O–H groups in total. The molecule has 0 spiro atoms. The van der Waals surface area contributed by atoms with Crippen molar-refractivity contribution in [2.45, 2.75) is 12.7 Å². The number of carbonyl (C=O) groups is 1. The van der Waals surface area contributed by atoms with Gasteiger partial charge in [-0.1, -0.05) is 18.2 Å². The lowest BCUT2D eigenvalue weighted by Gasteiger charge is -2.11. The first-order valence-corrected chi connectivity index (χ1v) is 8.16. The van der Waals surface area contributed by atoms with Gasteiger partial charge < -0.3 is 9.88 Å². The number of rotatable bonds is 4. The van der Waals surface area contributed by atoms with Gasteiger partial charge >= 0.3 is 6.18 Å². The second kappa shape index (κ2) is 7.67. The summed E-state index contributed by atoms with van der Waals surface area (Å²) >= 11 is 0. The number of aromatic nitrogens is 1. The number of amides is 1. The highest BCUT2D eigenvalue weighted by atomic mass is 19.4. The van der Waals surface area contributed by atoms with E-state index in [2.05, 4.69) is 5.32 Å². The predicted molar refractivity (Wildman–Crippen MR) is 95.6 cm³/mol. The van der Waals surface area contributed by atoms with Gasteiger partial charge in [0.05, 0.1) is 17.7 Å². The van der Waals surface area contributed by atoms with Gasteiger partial charge in [-0.25, -0.2) is 4.39 Å². The summed E-state index contributed by atoms with van der Waals surface area (Å²) in [5.74, 6) is -1.07. The SMILES string of the molecule is O=C(Nc1cccc(C(F)(F)F)c1)c1ccc(=O)n(Cc2ccc(F)cc2)c1. The fourth-order valence-electron chi connectivity index (χ4n) is 2.55. The Balaban J connectivity index is 1.81. The minimum atomic E-state index is -4.52. The fraction of sp³-hybridized carbons (Fsp3) is 0.100. The molecule has 3 aromatic rings. The molecule has 1 aromatic heterocycles. The van der Waals surface area contributed by atoms with Crippen LogP contribution in [-0.4, -0.2) is 10.5 Å². The van der Waals surface area contributed by atoms with E-state index in [0.717, 1.165) is 12.1 Å². The first-order chi connectivity index (χ1) is 13.2. The smallest absolute Gasteiger partial charge is 0.322 e. The Morgan fingerprint density at radius 2 is 1.71 bits per heavy atom. The molecule has 28 heavy (non-hydrogen) atoms. The van der Waals surface area contributed by atoms with E-state index in [-0.39, 0.29) is 23.4 Å². The molecule has 0 radical (unpaired) electrons. The highest BCUT2D eigenvalue weighted by molar-refractivity contribution is 6.04. The molecule has 2 aromatic carbocycles. The monoisotopic (exact) mass is 390 g/mol. The number of carbonyl (C=O) groups excluding carboxylic acids is 1. The number of pyridine rings is 1. The maximum absolute atomic E-state index is 13.0. The van der Waals surface area contributed by atoms with Crippen molar-refractivity contribution >= 4 is 11.6 Å². The lowest BCUT2D eigenvalue weighted by atomic mass is 10.2. The van der Waals surface area contributed by atoms with Crippen molar-refractivity contribution in [2.24, 2.45) is 0 Å². The average molecular weight is 390 g/mol. The van der Waals surface area contributed by atoms with Crippen molar-refractivity contribution in [3.63, 3.8) is 0 Å². The summed E-state index contributed by atoms with van der Waals surface area (Å²) < 4.78 is 52.6. The van der Waals surface area contributed by atoms with Crippen LogP contribution in [0.2, 0.25) is 0 Å². The van der Waals surface area contributed by atoms with E-state index in [1.807, 2.05) is 0 Å². The first-order valence-electron chi connectivity index (χ1n) is 8.16. The number of nitrogens with one attached hydrogen (secondary N) is 1. The van der Waals surface area contributed by atoms with Crippen molar-refractivity contribution < 1.29 is 22.4 Å². The van der Waals surface area contributed by atoms with Crippen molar-refractivity contribution in [1.29, 1.82) is 0 Å². The Labute approximate surface area is 157 Å². The Morgan fingerprint density at radius 1 is 1.00 bits per heavy atom. The number of hydrogen-bond acceptors (Lipinski definition) is 2. The van der Waals surface area contributed by atoms with Gasteiger partial charge in [-0.15, -0.1) is 0 Å². The molecule has 0 aliphatic heterocycles. The standard InChI is InChI=1S/C20H14F4N2O2/c21-16-7-4-13(5-8-16)11-26-12-14(6-9-18(26)27)19(28)25-17-3-1-2-15(10-17)20(22,23)24/h1-10,12H,11H2,(H,25,28). The number of hydrogen-bond donors (Lipinski definition) is 1. The van der Waals surface area contributed by atoms with Gasteiger partial charge in [-0.3, -0.25) is 9.59 Å². The molecule has 1 heterocycles. The minimum absolute atomic E-state index is 0.0175. The first kappa shape index (κ1) is 19.3. The second-order valence-electron chi connectivity index (χ2n) is 6.04. The molecule has 1 amide bonds. The molecule has 0 aliphatic rings. The van der Waals surface area contributed by atoms with Crippen LogP contribution in [0.4, 0.5) is 23.2 Å². The van der Waals surface area contributed by atoms with Gasteiger partial charge in [0.25, 0.3) is 11.5 Å². The third kappa shape index (κ3) is 4.64. The number of alkyl halides is 3. The van der Waals surface area contributed by atoms with Gasteiger partial charge in [0.15, 0.2) is 0 Å². The summed E-state index contributed by atoms with van der Waals surface area (Å²) in [4.78, 5) is 24.4. The maximum Gasteiger partial charge on any atom is 0.416 e. The van der Waals surface area contributed by atoms with Crippen LogP contribution in [0.25, 0.3) is 0 Å². The van der Waals surface area contributed by atoms with Crippen LogP contribution in [0.1, 0.15) is 21.5 Å². The molecule has 8 heteroatoms. The van der Waals surface area contributed by atoms with E-state index in [0.29, 0.717) is 5.56 Å². The van der Waals surface area contributed by atoms with Crippen LogP contribution in [0.3, 0.4) is 0 Å². The molecular weight excluding hydrogens is 376 g/mol. The molecule has 0 saturated carbocycles. The van der Waals surface area contributed by atoms with Crippen molar-refractivity contribution in [3.8, 4) is 0 Å². The third-order valence-electron chi connectivity index (χ3n) is 3.96. The number of halogens is 4. The van der Waals surface area contributed by atoms with Crippen LogP contribution in [0.5, 0.6) is 0 Å². The summed E-state index contributed by atoms with van der Waals surface area (Å²) in [7, 11) is 0. The molecule has 0 atom stereocenters. The normalized spacial score (nSPS) is 11.3. The molecule has 0 fully saturated rings. The summed E-state index contributed by atoms with van der Waals surface area (Å²) in [6.45, 7) is 0.115. The largest absolute Gasteiger partial charge is 0.416 e. The number of nitrogens with zero attached hydrogens (tertiary/aromatic N) is 1. The Kier molecular flexibility index (Phi) is 5.30. The summed E-state index contributed by atoms with van der Waals surface area (Å²) in [6.07, 6.45) is -3.22. The molecule has 0 saturated heterocycles. The Hall–Kier alpha value is -3.42. The molecule has 0 bridgehead atoms. The molecule has 0 aliphatic carbocycles. The van der Waals surface area contributed by atoms with E-state index >= 15 is 0 Å². The summed E-state index contributed by atoms with van der Waals surface area (Å²) in [6, 6.07) is 12.3. The molecule has 4 nitrogen and oxygen atoms in total. The highest BCUT2D eigenvalue weighted by Crippen LogP contribution is 2.30. The van der Waals surface area contributed by atoms with E-state index in [4.69, 9.17) is 0 Å². The van der Waals surface area contributed by atoms with Gasteiger partial charge in [0.2, 0.25) is 0 Å². The van der Waals surface area contributed by atoms with Crippen molar-refractivity contribution in [3.05, 3.63) is 99.7 Å². The quantitative estimate of drug-likeness (QED) is 0.675. The minimum Gasteiger partial charge on any atom is -0.322 e. The van der Waals surface area contributed by atoms with E-state index in [1.165, 1.54) is 59.3 Å². The summed E-state index contributed by atoms with van der Waals surface area (Å²) in [5.41, 5.74) is -0.527. The van der Waals surface area contributed by atoms with Crippen LogP contribution < -0.4 is 10.9 Å². The summed E-state index contributed by atoms with van der Waals surface area (Å²) in [5, 5.41) is 2.38. The number of benzene rings is 2. The maximum atomic E-state index is 13.0. The second-order valence-corrected chi connectivity index (χ2v) is 6.04. The molecule has 144 valence electrons. The predicted octanol–water partition coefficient (Wildman–Crippen LogP) is 4.31. The topological polar surface area (TPSA) is 51.1 Å². The fourth-order valence-corrected chi connectivity index (χ4v) is 2.55. The van der Waals surface area contributed by atoms with E-state index in [9.17, 15) is 27.2 Å². The lowest BCUT2D eigenvalue weighted by molar-refractivity contribution is -0.137. The third-order valence-corrected chi connectivity index (χ3v) is 3.96. The van der Waals surface area contributed by atoms with Crippen LogP contribution in [0.15, 0.2) is 71.7 Å². The van der Waals surface area contributed by atoms with Crippen LogP contribution in [0, 0.1) is 5.82 Å². The molecule has 0 unspecified atom stereocenters. The zero-order valence-electron chi connectivity index (χ0n) is 14.3. The van der Waals surface area contributed by atoms with Crippen LogP contribution in [-0.2, 0) is 12.7 Å². The van der Waals surface area contributed by atoms with Gasteiger partial charge in [-0.05, 0) is 42.0 Å². The zero-order chi connectivity index (χ0) is 20.3. The highest BCUT2D eigenvalue weighted by Gasteiger charge is 2.30. The Bertz CT molecular complexity index is 1060. The molecule has 3 rings (SSSR count). The zero-order valence-corrected chi connectivity index (χ0v) is 14.3. The van der Waals surface area contributed by atoms with Gasteiger partial charge in [0, 0.05) is 18.0 Å². The number of anilines is 1. The van der Waals surface area contributed by atoms with Crippen molar-refractivity contribution in [2.75, 3.05) is 5.32 Å². The van der Waals surface area contributed by atoms with Crippen LogP contribution >= 0.6 is 0 Å².